The van der Waals surface area contributed by atoms with Gasteiger partial charge in [0.15, 0.2) is 0 Å². The topological polar surface area (TPSA) is 46.3 Å². The first kappa shape index (κ1) is 12.7. The molecule has 0 saturated carbocycles. The normalized spacial score (nSPS) is 19.0. The number of hydrogen-bond donors (Lipinski definition) is 1. The highest BCUT2D eigenvalue weighted by Gasteiger charge is 2.30. The number of benzene rings is 1. The summed E-state index contributed by atoms with van der Waals surface area (Å²) in [6.45, 7) is 9.19. The average molecular weight is 244 g/mol. The maximum atomic E-state index is 11.4. The molecule has 3 nitrogen and oxygen atoms in total. The van der Waals surface area contributed by atoms with E-state index in [1.165, 1.54) is 11.1 Å². The van der Waals surface area contributed by atoms with E-state index in [4.69, 9.17) is 5.73 Å². The first-order chi connectivity index (χ1) is 8.52. The van der Waals surface area contributed by atoms with E-state index in [-0.39, 0.29) is 11.9 Å². The minimum absolute atomic E-state index is 0.197. The standard InChI is InChI=1S/C15H20N2O/c1-10-6-4-7-13(11(10)2)12(3)17-9-5-8-14(17)15(16)18/h4,6-7,14H,3,5,8-9H2,1-2H3,(H2,16,18). The summed E-state index contributed by atoms with van der Waals surface area (Å²) < 4.78 is 0. The summed E-state index contributed by atoms with van der Waals surface area (Å²) in [5, 5.41) is 0. The lowest BCUT2D eigenvalue weighted by molar-refractivity contribution is -0.121. The molecule has 96 valence electrons. The fourth-order valence-electron chi connectivity index (χ4n) is 2.60. The van der Waals surface area contributed by atoms with E-state index in [9.17, 15) is 4.79 Å². The van der Waals surface area contributed by atoms with Crippen LogP contribution in [-0.4, -0.2) is 23.4 Å². The lowest BCUT2D eigenvalue weighted by Crippen LogP contribution is -2.39. The van der Waals surface area contributed by atoms with Gasteiger partial charge in [-0.3, -0.25) is 4.79 Å². The Hall–Kier alpha value is -1.77. The van der Waals surface area contributed by atoms with Crippen molar-refractivity contribution in [1.82, 2.24) is 4.90 Å². The van der Waals surface area contributed by atoms with Gasteiger partial charge in [-0.15, -0.1) is 0 Å². The van der Waals surface area contributed by atoms with Crippen LogP contribution in [-0.2, 0) is 4.79 Å². The molecule has 18 heavy (non-hydrogen) atoms. The Morgan fingerprint density at radius 1 is 1.44 bits per heavy atom. The number of nitrogens with zero attached hydrogens (tertiary/aromatic N) is 1. The van der Waals surface area contributed by atoms with Gasteiger partial charge in [0, 0.05) is 17.8 Å². The summed E-state index contributed by atoms with van der Waals surface area (Å²) in [5.41, 5.74) is 9.94. The Bertz CT molecular complexity index is 493. The lowest BCUT2D eigenvalue weighted by atomic mass is 10.0. The third kappa shape index (κ3) is 2.13. The van der Waals surface area contributed by atoms with Crippen molar-refractivity contribution in [2.75, 3.05) is 6.54 Å². The molecular formula is C15H20N2O. The van der Waals surface area contributed by atoms with Crippen LogP contribution in [0, 0.1) is 13.8 Å². The molecule has 1 aromatic carbocycles. The van der Waals surface area contributed by atoms with Crippen molar-refractivity contribution in [3.8, 4) is 0 Å². The summed E-state index contributed by atoms with van der Waals surface area (Å²) >= 11 is 0. The lowest BCUT2D eigenvalue weighted by Gasteiger charge is -2.27. The Balaban J connectivity index is 2.31. The number of carbonyl (C=O) groups is 1. The van der Waals surface area contributed by atoms with Gasteiger partial charge in [-0.2, -0.15) is 0 Å². The zero-order valence-corrected chi connectivity index (χ0v) is 11.1. The van der Waals surface area contributed by atoms with Crippen molar-refractivity contribution in [2.24, 2.45) is 5.73 Å². The van der Waals surface area contributed by atoms with Crippen molar-refractivity contribution in [3.05, 3.63) is 41.5 Å². The molecule has 1 aliphatic rings. The van der Waals surface area contributed by atoms with E-state index in [0.29, 0.717) is 0 Å². The van der Waals surface area contributed by atoms with Crippen LogP contribution in [0.15, 0.2) is 24.8 Å². The summed E-state index contributed by atoms with van der Waals surface area (Å²) in [6, 6.07) is 5.97. The fraction of sp³-hybridized carbons (Fsp3) is 0.400. The second-order valence-corrected chi connectivity index (χ2v) is 4.95. The van der Waals surface area contributed by atoms with Crippen molar-refractivity contribution < 1.29 is 4.79 Å². The highest BCUT2D eigenvalue weighted by atomic mass is 16.1. The van der Waals surface area contributed by atoms with Crippen LogP contribution < -0.4 is 5.73 Å². The van der Waals surface area contributed by atoms with Gasteiger partial charge in [-0.05, 0) is 37.8 Å². The van der Waals surface area contributed by atoms with Crippen LogP contribution >= 0.6 is 0 Å². The molecule has 0 radical (unpaired) electrons. The van der Waals surface area contributed by atoms with E-state index >= 15 is 0 Å². The van der Waals surface area contributed by atoms with E-state index < -0.39 is 0 Å². The molecule has 0 aliphatic carbocycles. The van der Waals surface area contributed by atoms with Gasteiger partial charge in [0.25, 0.3) is 0 Å². The Morgan fingerprint density at radius 2 is 2.17 bits per heavy atom. The Kier molecular flexibility index (Phi) is 3.41. The quantitative estimate of drug-likeness (QED) is 0.886. The summed E-state index contributed by atoms with van der Waals surface area (Å²) in [6.07, 6.45) is 1.83. The predicted molar refractivity (Wildman–Crippen MR) is 73.9 cm³/mol. The van der Waals surface area contributed by atoms with Crippen molar-refractivity contribution in [3.63, 3.8) is 0 Å². The number of hydrogen-bond acceptors (Lipinski definition) is 2. The minimum atomic E-state index is -0.251. The highest BCUT2D eigenvalue weighted by Crippen LogP contribution is 2.29. The molecule has 1 saturated heterocycles. The van der Waals surface area contributed by atoms with E-state index in [0.717, 1.165) is 30.6 Å². The van der Waals surface area contributed by atoms with Gasteiger partial charge < -0.3 is 10.6 Å². The van der Waals surface area contributed by atoms with Crippen molar-refractivity contribution >= 4 is 11.6 Å². The van der Waals surface area contributed by atoms with Crippen molar-refractivity contribution in [2.45, 2.75) is 32.7 Å². The number of likely N-dealkylation sites (tertiary alicyclic amines) is 1. The molecule has 0 aromatic heterocycles. The smallest absolute Gasteiger partial charge is 0.240 e. The molecule has 1 fully saturated rings. The average Bonchev–Trinajstić information content (AvgIpc) is 2.81. The number of carbonyl (C=O) groups excluding carboxylic acids is 1. The van der Waals surface area contributed by atoms with Gasteiger partial charge in [0.1, 0.15) is 6.04 Å². The molecule has 1 atom stereocenters. The largest absolute Gasteiger partial charge is 0.368 e. The van der Waals surface area contributed by atoms with Gasteiger partial charge in [-0.25, -0.2) is 0 Å². The Labute approximate surface area is 108 Å². The monoisotopic (exact) mass is 244 g/mol. The molecule has 1 aliphatic heterocycles. The summed E-state index contributed by atoms with van der Waals surface area (Å²) in [4.78, 5) is 13.5. The van der Waals surface area contributed by atoms with Crippen molar-refractivity contribution in [1.29, 1.82) is 0 Å². The van der Waals surface area contributed by atoms with Crippen LogP contribution in [0.3, 0.4) is 0 Å². The van der Waals surface area contributed by atoms with E-state index in [1.54, 1.807) is 0 Å². The van der Waals surface area contributed by atoms with Crippen LogP contribution in [0.4, 0.5) is 0 Å². The second kappa shape index (κ2) is 4.84. The number of amides is 1. The molecule has 0 spiro atoms. The third-order valence-corrected chi connectivity index (χ3v) is 3.84. The van der Waals surface area contributed by atoms with Gasteiger partial charge in [-0.1, -0.05) is 24.8 Å². The minimum Gasteiger partial charge on any atom is -0.368 e. The maximum absolute atomic E-state index is 11.4. The van der Waals surface area contributed by atoms with Crippen LogP contribution in [0.2, 0.25) is 0 Å². The summed E-state index contributed by atoms with van der Waals surface area (Å²) in [7, 11) is 0. The first-order valence-corrected chi connectivity index (χ1v) is 6.34. The number of primary amides is 1. The molecule has 2 rings (SSSR count). The van der Waals surface area contributed by atoms with Crippen LogP contribution in [0.25, 0.3) is 5.70 Å². The number of aryl methyl sites for hydroxylation is 1. The molecule has 0 bridgehead atoms. The summed E-state index contributed by atoms with van der Waals surface area (Å²) in [5.74, 6) is -0.251. The van der Waals surface area contributed by atoms with Gasteiger partial charge in [0.2, 0.25) is 5.91 Å². The Morgan fingerprint density at radius 3 is 2.83 bits per heavy atom. The van der Waals surface area contributed by atoms with E-state index in [2.05, 4.69) is 32.6 Å². The number of rotatable bonds is 3. The zero-order valence-electron chi connectivity index (χ0n) is 11.1. The molecule has 1 amide bonds. The molecule has 1 unspecified atom stereocenters. The molecule has 1 aromatic rings. The molecule has 1 heterocycles. The SMILES string of the molecule is C=C(c1cccc(C)c1C)N1CCCC1C(N)=O. The van der Waals surface area contributed by atoms with Crippen LogP contribution in [0.1, 0.15) is 29.5 Å². The molecule has 3 heteroatoms. The second-order valence-electron chi connectivity index (χ2n) is 4.95. The number of nitrogens with two attached hydrogens (primary N) is 1. The fourth-order valence-corrected chi connectivity index (χ4v) is 2.60. The van der Waals surface area contributed by atoms with Gasteiger partial charge in [0.05, 0.1) is 0 Å². The van der Waals surface area contributed by atoms with E-state index in [1.807, 2.05) is 11.0 Å². The van der Waals surface area contributed by atoms with Crippen LogP contribution in [0.5, 0.6) is 0 Å². The molecular weight excluding hydrogens is 224 g/mol. The maximum Gasteiger partial charge on any atom is 0.240 e. The van der Waals surface area contributed by atoms with Gasteiger partial charge >= 0.3 is 0 Å². The zero-order chi connectivity index (χ0) is 13.3. The first-order valence-electron chi connectivity index (χ1n) is 6.34. The highest BCUT2D eigenvalue weighted by molar-refractivity contribution is 5.82. The molecule has 2 N–H and O–H groups in total. The third-order valence-electron chi connectivity index (χ3n) is 3.84. The predicted octanol–water partition coefficient (Wildman–Crippen LogP) is 2.22.